The number of hydrogen-bond donors (Lipinski definition) is 2. The second kappa shape index (κ2) is 6.34. The molecule has 0 saturated carbocycles. The zero-order chi connectivity index (χ0) is 13.0. The Hall–Kier alpha value is -0.870. The fourth-order valence-electron chi connectivity index (χ4n) is 2.51. The number of piperidine rings is 1. The molecule has 2 unspecified atom stereocenters. The number of carbonyl (C=O) groups excluding carboxylic acids is 1. The summed E-state index contributed by atoms with van der Waals surface area (Å²) in [5.74, 6) is 0.660. The van der Waals surface area contributed by atoms with Crippen LogP contribution in [-0.4, -0.2) is 25.0 Å². The first-order valence-electron chi connectivity index (χ1n) is 6.80. The van der Waals surface area contributed by atoms with E-state index in [1.807, 2.05) is 11.4 Å². The van der Waals surface area contributed by atoms with E-state index in [1.54, 1.807) is 11.3 Å². The first-order chi connectivity index (χ1) is 8.72. The highest BCUT2D eigenvalue weighted by Crippen LogP contribution is 2.19. The normalized spacial score (nSPS) is 21.6. The molecule has 0 aromatic carbocycles. The zero-order valence-electron chi connectivity index (χ0n) is 11.2. The zero-order valence-corrected chi connectivity index (χ0v) is 12.0. The Bertz CT molecular complexity index is 396. The van der Waals surface area contributed by atoms with Crippen molar-refractivity contribution in [2.24, 2.45) is 5.92 Å². The second-order valence-electron chi connectivity index (χ2n) is 5.00. The number of nitrogens with one attached hydrogen (secondary N) is 2. The van der Waals surface area contributed by atoms with Crippen molar-refractivity contribution in [3.63, 3.8) is 0 Å². The number of hydrogen-bond acceptors (Lipinski definition) is 3. The van der Waals surface area contributed by atoms with Gasteiger partial charge in [-0.3, -0.25) is 4.79 Å². The van der Waals surface area contributed by atoms with E-state index < -0.39 is 0 Å². The van der Waals surface area contributed by atoms with Gasteiger partial charge in [0.1, 0.15) is 0 Å². The molecule has 3 nitrogen and oxygen atoms in total. The summed E-state index contributed by atoms with van der Waals surface area (Å²) in [6, 6.07) is 2.30. The smallest absolute Gasteiger partial charge is 0.261 e. The molecule has 4 heteroatoms. The van der Waals surface area contributed by atoms with Crippen LogP contribution < -0.4 is 10.6 Å². The molecule has 1 aromatic heterocycles. The van der Waals surface area contributed by atoms with Crippen LogP contribution >= 0.6 is 11.3 Å². The number of amides is 1. The van der Waals surface area contributed by atoms with Gasteiger partial charge >= 0.3 is 0 Å². The summed E-state index contributed by atoms with van der Waals surface area (Å²) in [4.78, 5) is 13.1. The van der Waals surface area contributed by atoms with E-state index in [2.05, 4.69) is 24.5 Å². The molecular weight excluding hydrogens is 244 g/mol. The van der Waals surface area contributed by atoms with E-state index in [1.165, 1.54) is 12.8 Å². The predicted octanol–water partition coefficient (Wildman–Crippen LogP) is 2.43. The summed E-state index contributed by atoms with van der Waals surface area (Å²) in [5, 5.41) is 8.56. The van der Waals surface area contributed by atoms with Gasteiger partial charge in [0, 0.05) is 6.04 Å². The summed E-state index contributed by atoms with van der Waals surface area (Å²) in [6.07, 6.45) is 3.34. The van der Waals surface area contributed by atoms with Crippen molar-refractivity contribution in [1.29, 1.82) is 0 Å². The van der Waals surface area contributed by atoms with E-state index >= 15 is 0 Å². The third-order valence-electron chi connectivity index (χ3n) is 3.73. The molecule has 100 valence electrons. The van der Waals surface area contributed by atoms with Crippen LogP contribution in [0.2, 0.25) is 0 Å². The van der Waals surface area contributed by atoms with Gasteiger partial charge < -0.3 is 10.6 Å². The predicted molar refractivity (Wildman–Crippen MR) is 76.2 cm³/mol. The third kappa shape index (κ3) is 3.12. The summed E-state index contributed by atoms with van der Waals surface area (Å²) in [5.41, 5.74) is 1.16. The van der Waals surface area contributed by atoms with E-state index in [-0.39, 0.29) is 11.9 Å². The van der Waals surface area contributed by atoms with E-state index in [9.17, 15) is 4.79 Å². The fourth-order valence-corrected chi connectivity index (χ4v) is 3.41. The minimum Gasteiger partial charge on any atom is -0.349 e. The number of aryl methyl sites for hydroxylation is 1. The lowest BCUT2D eigenvalue weighted by Gasteiger charge is -2.28. The molecule has 1 amide bonds. The van der Waals surface area contributed by atoms with Gasteiger partial charge in [0.2, 0.25) is 0 Å². The van der Waals surface area contributed by atoms with Crippen molar-refractivity contribution in [3.05, 3.63) is 21.9 Å². The van der Waals surface area contributed by atoms with E-state index in [0.29, 0.717) is 5.92 Å². The Morgan fingerprint density at radius 3 is 3.17 bits per heavy atom. The summed E-state index contributed by atoms with van der Waals surface area (Å²) >= 11 is 1.54. The molecule has 2 atom stereocenters. The summed E-state index contributed by atoms with van der Waals surface area (Å²) < 4.78 is 0. The Morgan fingerprint density at radius 1 is 1.67 bits per heavy atom. The maximum Gasteiger partial charge on any atom is 0.261 e. The van der Waals surface area contributed by atoms with Crippen molar-refractivity contribution in [2.75, 3.05) is 13.1 Å². The fraction of sp³-hybridized carbons (Fsp3) is 0.643. The third-order valence-corrected chi connectivity index (χ3v) is 4.69. The molecule has 0 radical (unpaired) electrons. The van der Waals surface area contributed by atoms with Gasteiger partial charge in [-0.25, -0.2) is 0 Å². The standard InChI is InChI=1S/C14H22N2OS/c1-3-11-6-8-18-13(11)14(17)16-10(2)12-5-4-7-15-9-12/h6,8,10,12,15H,3-5,7,9H2,1-2H3,(H,16,17). The molecule has 1 aliphatic rings. The van der Waals surface area contributed by atoms with Gasteiger partial charge in [-0.15, -0.1) is 11.3 Å². The lowest BCUT2D eigenvalue weighted by Crippen LogP contribution is -2.44. The molecule has 0 spiro atoms. The van der Waals surface area contributed by atoms with Crippen LogP contribution in [0, 0.1) is 5.92 Å². The van der Waals surface area contributed by atoms with Crippen molar-refractivity contribution >= 4 is 17.2 Å². The van der Waals surface area contributed by atoms with E-state index in [0.717, 1.165) is 30.0 Å². The van der Waals surface area contributed by atoms with E-state index in [4.69, 9.17) is 0 Å². The Morgan fingerprint density at radius 2 is 2.50 bits per heavy atom. The molecular formula is C14H22N2OS. The maximum atomic E-state index is 12.2. The number of rotatable bonds is 4. The molecule has 2 rings (SSSR count). The number of carbonyl (C=O) groups is 1. The average molecular weight is 266 g/mol. The van der Waals surface area contributed by atoms with Gasteiger partial charge in [-0.2, -0.15) is 0 Å². The van der Waals surface area contributed by atoms with Crippen LogP contribution in [0.3, 0.4) is 0 Å². The number of thiophene rings is 1. The van der Waals surface area contributed by atoms with Gasteiger partial charge in [0.05, 0.1) is 4.88 Å². The van der Waals surface area contributed by atoms with Gasteiger partial charge in [-0.1, -0.05) is 6.92 Å². The van der Waals surface area contributed by atoms with Gasteiger partial charge in [-0.05, 0) is 62.2 Å². The lowest BCUT2D eigenvalue weighted by molar-refractivity contribution is 0.0925. The molecule has 1 fully saturated rings. The largest absolute Gasteiger partial charge is 0.349 e. The Kier molecular flexibility index (Phi) is 4.78. The topological polar surface area (TPSA) is 41.1 Å². The van der Waals surface area contributed by atoms with Crippen molar-refractivity contribution in [2.45, 2.75) is 39.2 Å². The molecule has 1 aromatic rings. The van der Waals surface area contributed by atoms with Crippen LogP contribution in [0.4, 0.5) is 0 Å². The van der Waals surface area contributed by atoms with Crippen LogP contribution in [0.25, 0.3) is 0 Å². The monoisotopic (exact) mass is 266 g/mol. The highest BCUT2D eigenvalue weighted by molar-refractivity contribution is 7.12. The first kappa shape index (κ1) is 13.6. The molecule has 1 saturated heterocycles. The van der Waals surface area contributed by atoms with Crippen molar-refractivity contribution < 1.29 is 4.79 Å². The lowest BCUT2D eigenvalue weighted by atomic mass is 9.93. The highest BCUT2D eigenvalue weighted by Gasteiger charge is 2.22. The van der Waals surface area contributed by atoms with Crippen LogP contribution in [0.5, 0.6) is 0 Å². The van der Waals surface area contributed by atoms with Crippen molar-refractivity contribution in [1.82, 2.24) is 10.6 Å². The first-order valence-corrected chi connectivity index (χ1v) is 7.68. The quantitative estimate of drug-likeness (QED) is 0.879. The van der Waals surface area contributed by atoms with Gasteiger partial charge in [0.15, 0.2) is 0 Å². The van der Waals surface area contributed by atoms with Crippen molar-refractivity contribution in [3.8, 4) is 0 Å². The summed E-state index contributed by atoms with van der Waals surface area (Å²) in [7, 11) is 0. The van der Waals surface area contributed by atoms with Crippen LogP contribution in [0.15, 0.2) is 11.4 Å². The van der Waals surface area contributed by atoms with Crippen LogP contribution in [0.1, 0.15) is 41.9 Å². The summed E-state index contributed by atoms with van der Waals surface area (Å²) in [6.45, 7) is 6.34. The SMILES string of the molecule is CCc1ccsc1C(=O)NC(C)C1CCCNC1. The maximum absolute atomic E-state index is 12.2. The minimum atomic E-state index is 0.0972. The molecule has 18 heavy (non-hydrogen) atoms. The Balaban J connectivity index is 1.94. The second-order valence-corrected chi connectivity index (χ2v) is 5.91. The molecule has 0 bridgehead atoms. The van der Waals surface area contributed by atoms with Gasteiger partial charge in [0.25, 0.3) is 5.91 Å². The Labute approximate surface area is 113 Å². The van der Waals surface area contributed by atoms with Crippen LogP contribution in [-0.2, 0) is 6.42 Å². The average Bonchev–Trinajstić information content (AvgIpc) is 2.88. The molecule has 2 N–H and O–H groups in total. The molecule has 1 aliphatic heterocycles. The molecule has 0 aliphatic carbocycles. The molecule has 2 heterocycles. The minimum absolute atomic E-state index is 0.0972. The highest BCUT2D eigenvalue weighted by atomic mass is 32.1.